The van der Waals surface area contributed by atoms with Crippen LogP contribution >= 0.6 is 0 Å². The first-order valence-corrected chi connectivity index (χ1v) is 10.7. The molecule has 0 fully saturated rings. The van der Waals surface area contributed by atoms with Crippen LogP contribution < -0.4 is 10.1 Å². The number of hydrogen-bond acceptors (Lipinski definition) is 3. The molecule has 0 aliphatic rings. The number of aryl methyl sites for hydroxylation is 1. The zero-order chi connectivity index (χ0) is 22.1. The number of hydrogen-bond donors (Lipinski definition) is 1. The number of benzene rings is 2. The molecule has 0 heterocycles. The Morgan fingerprint density at radius 2 is 1.67 bits per heavy atom. The summed E-state index contributed by atoms with van der Waals surface area (Å²) < 4.78 is 6.11. The fourth-order valence-electron chi connectivity index (χ4n) is 3.14. The topological polar surface area (TPSA) is 58.6 Å². The van der Waals surface area contributed by atoms with Crippen molar-refractivity contribution in [2.45, 2.75) is 58.5 Å². The molecule has 0 aromatic heterocycles. The minimum atomic E-state index is -0.562. The van der Waals surface area contributed by atoms with E-state index in [2.05, 4.69) is 25.2 Å². The van der Waals surface area contributed by atoms with Gasteiger partial charge >= 0.3 is 0 Å². The Kier molecular flexibility index (Phi) is 8.90. The van der Waals surface area contributed by atoms with Gasteiger partial charge in [0.15, 0.2) is 6.10 Å². The Balaban J connectivity index is 2.00. The van der Waals surface area contributed by atoms with Crippen LogP contribution in [0.4, 0.5) is 5.69 Å². The minimum absolute atomic E-state index is 0.105. The number of carbonyl (C=O) groups is 2. The predicted octanol–water partition coefficient (Wildman–Crippen LogP) is 5.02. The normalized spacial score (nSPS) is 12.7. The number of para-hydroxylation sites is 1. The Morgan fingerprint density at radius 3 is 2.27 bits per heavy atom. The van der Waals surface area contributed by atoms with Crippen molar-refractivity contribution in [3.05, 3.63) is 59.7 Å². The molecule has 2 aromatic carbocycles. The molecule has 2 aromatic rings. The van der Waals surface area contributed by atoms with E-state index in [0.717, 1.165) is 29.0 Å². The van der Waals surface area contributed by atoms with E-state index in [4.69, 9.17) is 4.74 Å². The highest BCUT2D eigenvalue weighted by Gasteiger charge is 2.21. The van der Waals surface area contributed by atoms with Crippen molar-refractivity contribution in [3.8, 4) is 5.75 Å². The Bertz CT molecular complexity index is 831. The second-order valence-corrected chi connectivity index (χ2v) is 7.84. The number of ether oxygens (including phenoxy) is 1. The lowest BCUT2D eigenvalue weighted by Crippen LogP contribution is -2.32. The second-order valence-electron chi connectivity index (χ2n) is 7.84. The molecular formula is C25H34N2O3. The molecule has 0 radical (unpaired) electrons. The van der Waals surface area contributed by atoms with Crippen LogP contribution in [0.25, 0.3) is 0 Å². The average molecular weight is 411 g/mol. The van der Waals surface area contributed by atoms with Crippen LogP contribution in [-0.2, 0) is 16.0 Å². The van der Waals surface area contributed by atoms with Crippen LogP contribution in [0.3, 0.4) is 0 Å². The molecule has 162 valence electrons. The summed E-state index contributed by atoms with van der Waals surface area (Å²) in [6.45, 7) is 6.25. The molecule has 2 rings (SSSR count). The van der Waals surface area contributed by atoms with Gasteiger partial charge in [-0.2, -0.15) is 0 Å². The van der Waals surface area contributed by atoms with Gasteiger partial charge < -0.3 is 15.0 Å². The van der Waals surface area contributed by atoms with Crippen LogP contribution in [0.5, 0.6) is 5.75 Å². The number of nitrogens with zero attached hydrogens (tertiary/aromatic N) is 1. The van der Waals surface area contributed by atoms with Crippen LogP contribution in [-0.4, -0.2) is 36.9 Å². The van der Waals surface area contributed by atoms with E-state index < -0.39 is 6.10 Å². The van der Waals surface area contributed by atoms with Crippen molar-refractivity contribution < 1.29 is 14.3 Å². The van der Waals surface area contributed by atoms with Crippen molar-refractivity contribution >= 4 is 17.5 Å². The van der Waals surface area contributed by atoms with E-state index >= 15 is 0 Å². The molecule has 30 heavy (non-hydrogen) atoms. The third-order valence-electron chi connectivity index (χ3n) is 5.34. The van der Waals surface area contributed by atoms with Gasteiger partial charge in [-0.05, 0) is 54.5 Å². The zero-order valence-electron chi connectivity index (χ0n) is 18.8. The van der Waals surface area contributed by atoms with Gasteiger partial charge in [0.25, 0.3) is 5.91 Å². The van der Waals surface area contributed by atoms with Crippen molar-refractivity contribution in [2.24, 2.45) is 0 Å². The summed E-state index contributed by atoms with van der Waals surface area (Å²) in [7, 11) is 3.52. The van der Waals surface area contributed by atoms with E-state index in [1.165, 1.54) is 0 Å². The lowest BCUT2D eigenvalue weighted by Gasteiger charge is -2.21. The third kappa shape index (κ3) is 6.61. The molecule has 0 aliphatic heterocycles. The largest absolute Gasteiger partial charge is 0.480 e. The zero-order valence-corrected chi connectivity index (χ0v) is 18.8. The smallest absolute Gasteiger partial charge is 0.265 e. The minimum Gasteiger partial charge on any atom is -0.480 e. The maximum Gasteiger partial charge on any atom is 0.265 e. The van der Waals surface area contributed by atoms with Gasteiger partial charge in [0.05, 0.1) is 0 Å². The molecule has 5 heteroatoms. The monoisotopic (exact) mass is 410 g/mol. The van der Waals surface area contributed by atoms with Gasteiger partial charge in [-0.25, -0.2) is 0 Å². The summed E-state index contributed by atoms with van der Waals surface area (Å²) in [4.78, 5) is 26.1. The second kappa shape index (κ2) is 11.4. The maximum absolute atomic E-state index is 12.8. The molecule has 0 saturated carbocycles. The van der Waals surface area contributed by atoms with Crippen molar-refractivity contribution in [1.29, 1.82) is 0 Å². The number of amides is 2. The van der Waals surface area contributed by atoms with Gasteiger partial charge in [-0.1, -0.05) is 51.1 Å². The third-order valence-corrected chi connectivity index (χ3v) is 5.34. The highest BCUT2D eigenvalue weighted by Crippen LogP contribution is 2.29. The average Bonchev–Trinajstić information content (AvgIpc) is 2.76. The fourth-order valence-corrected chi connectivity index (χ4v) is 3.14. The van der Waals surface area contributed by atoms with Crippen LogP contribution in [0, 0.1) is 0 Å². The summed E-state index contributed by atoms with van der Waals surface area (Å²) in [6, 6.07) is 15.6. The van der Waals surface area contributed by atoms with Gasteiger partial charge in [0.1, 0.15) is 5.75 Å². The van der Waals surface area contributed by atoms with Crippen molar-refractivity contribution in [2.75, 3.05) is 19.4 Å². The first-order valence-electron chi connectivity index (χ1n) is 10.7. The van der Waals surface area contributed by atoms with Crippen LogP contribution in [0.1, 0.15) is 57.1 Å². The fraction of sp³-hybridized carbons (Fsp3) is 0.440. The Hall–Kier alpha value is -2.82. The molecule has 2 unspecified atom stereocenters. The lowest BCUT2D eigenvalue weighted by molar-refractivity contribution is -0.128. The highest BCUT2D eigenvalue weighted by molar-refractivity contribution is 5.94. The first kappa shape index (κ1) is 23.5. The molecule has 0 saturated heterocycles. The molecule has 1 N–H and O–H groups in total. The van der Waals surface area contributed by atoms with E-state index in [9.17, 15) is 9.59 Å². The molecule has 0 bridgehead atoms. The summed E-state index contributed by atoms with van der Waals surface area (Å²) in [5.74, 6) is 1.09. The first-order chi connectivity index (χ1) is 14.3. The molecular weight excluding hydrogens is 376 g/mol. The maximum atomic E-state index is 12.8. The van der Waals surface area contributed by atoms with Gasteiger partial charge in [-0.15, -0.1) is 0 Å². The van der Waals surface area contributed by atoms with E-state index in [1.807, 2.05) is 49.4 Å². The molecule has 2 amide bonds. The summed E-state index contributed by atoms with van der Waals surface area (Å²) in [5.41, 5.74) is 2.91. The van der Waals surface area contributed by atoms with Gasteiger partial charge in [-0.3, -0.25) is 9.59 Å². The number of rotatable bonds is 10. The van der Waals surface area contributed by atoms with E-state index in [0.29, 0.717) is 25.2 Å². The van der Waals surface area contributed by atoms with E-state index in [1.54, 1.807) is 19.0 Å². The molecule has 0 aliphatic carbocycles. The van der Waals surface area contributed by atoms with Crippen LogP contribution in [0.15, 0.2) is 48.5 Å². The van der Waals surface area contributed by atoms with Crippen molar-refractivity contribution in [3.63, 3.8) is 0 Å². The standard InChI is InChI=1S/C25H34N2O3/c1-6-18(3)21-10-8-9-11-23(21)30-22(7-2)25(29)26-20-15-12-19(13-16-20)14-17-24(28)27(4)5/h8-13,15-16,18,22H,6-7,14,17H2,1-5H3,(H,26,29). The summed E-state index contributed by atoms with van der Waals surface area (Å²) >= 11 is 0. The summed E-state index contributed by atoms with van der Waals surface area (Å²) in [6.07, 6.45) is 2.17. The predicted molar refractivity (Wildman–Crippen MR) is 122 cm³/mol. The molecule has 5 nitrogen and oxygen atoms in total. The lowest BCUT2D eigenvalue weighted by atomic mass is 9.98. The van der Waals surface area contributed by atoms with Gasteiger partial charge in [0, 0.05) is 26.2 Å². The number of nitrogens with one attached hydrogen (secondary N) is 1. The quantitative estimate of drug-likeness (QED) is 0.598. The molecule has 0 spiro atoms. The van der Waals surface area contributed by atoms with Crippen LogP contribution in [0.2, 0.25) is 0 Å². The summed E-state index contributed by atoms with van der Waals surface area (Å²) in [5, 5.41) is 2.95. The highest BCUT2D eigenvalue weighted by atomic mass is 16.5. The Morgan fingerprint density at radius 1 is 1.00 bits per heavy atom. The number of anilines is 1. The van der Waals surface area contributed by atoms with Crippen molar-refractivity contribution in [1.82, 2.24) is 4.90 Å². The van der Waals surface area contributed by atoms with E-state index in [-0.39, 0.29) is 11.8 Å². The SMILES string of the molecule is CCC(Oc1ccccc1C(C)CC)C(=O)Nc1ccc(CCC(=O)N(C)C)cc1. The molecule has 2 atom stereocenters. The Labute approximate surface area is 180 Å². The van der Waals surface area contributed by atoms with Gasteiger partial charge in [0.2, 0.25) is 5.91 Å². The number of carbonyl (C=O) groups excluding carboxylic acids is 2.